The third-order valence-corrected chi connectivity index (χ3v) is 5.22. The van der Waals surface area contributed by atoms with E-state index in [9.17, 15) is 0 Å². The van der Waals surface area contributed by atoms with Crippen molar-refractivity contribution in [3.05, 3.63) is 56.7 Å². The van der Waals surface area contributed by atoms with Crippen molar-refractivity contribution < 1.29 is 0 Å². The van der Waals surface area contributed by atoms with Crippen LogP contribution in [-0.2, 0) is 13.0 Å². The molecular weight excluding hydrogens is 288 g/mol. The number of benzene rings is 1. The van der Waals surface area contributed by atoms with E-state index in [0.29, 0.717) is 0 Å². The summed E-state index contributed by atoms with van der Waals surface area (Å²) in [4.78, 5) is 4.06. The van der Waals surface area contributed by atoms with Gasteiger partial charge in [0.2, 0.25) is 0 Å². The number of nitrogens with zero attached hydrogens (tertiary/aromatic N) is 1. The molecule has 0 amide bonds. The number of nitrogens with two attached hydrogens (primary N) is 1. The Labute approximate surface area is 129 Å². The van der Waals surface area contributed by atoms with E-state index < -0.39 is 0 Å². The molecule has 1 aliphatic rings. The molecule has 2 N–H and O–H groups in total. The van der Waals surface area contributed by atoms with Crippen molar-refractivity contribution in [2.75, 3.05) is 13.1 Å². The van der Waals surface area contributed by atoms with Gasteiger partial charge in [0.1, 0.15) is 0 Å². The summed E-state index contributed by atoms with van der Waals surface area (Å²) in [5, 5.41) is 2.97. The Hall–Kier alpha value is -0.870. The van der Waals surface area contributed by atoms with Crippen molar-refractivity contribution in [3.63, 3.8) is 0 Å². The van der Waals surface area contributed by atoms with E-state index in [2.05, 4.69) is 16.3 Å². The van der Waals surface area contributed by atoms with Crippen LogP contribution in [-0.4, -0.2) is 18.0 Å². The van der Waals surface area contributed by atoms with Crippen LogP contribution in [0, 0.1) is 0 Å². The SMILES string of the molecule is NC(CCN1CCc2sccc2C1)c1ccc(Cl)cc1. The zero-order valence-corrected chi connectivity index (χ0v) is 13.0. The largest absolute Gasteiger partial charge is 0.324 e. The molecule has 2 aromatic rings. The summed E-state index contributed by atoms with van der Waals surface area (Å²) in [6, 6.07) is 10.2. The minimum absolute atomic E-state index is 0.0936. The minimum Gasteiger partial charge on any atom is -0.324 e. The van der Waals surface area contributed by atoms with Gasteiger partial charge >= 0.3 is 0 Å². The molecule has 0 radical (unpaired) electrons. The van der Waals surface area contributed by atoms with Gasteiger partial charge < -0.3 is 5.73 Å². The lowest BCUT2D eigenvalue weighted by Crippen LogP contribution is -2.32. The number of rotatable bonds is 4. The number of fused-ring (bicyclic) bond motifs is 1. The summed E-state index contributed by atoms with van der Waals surface area (Å²) >= 11 is 7.79. The lowest BCUT2D eigenvalue weighted by Gasteiger charge is -2.27. The minimum atomic E-state index is 0.0936. The maximum Gasteiger partial charge on any atom is 0.0406 e. The van der Waals surface area contributed by atoms with Crippen molar-refractivity contribution in [1.29, 1.82) is 0 Å². The zero-order chi connectivity index (χ0) is 13.9. The fourth-order valence-electron chi connectivity index (χ4n) is 2.70. The second kappa shape index (κ2) is 6.27. The summed E-state index contributed by atoms with van der Waals surface area (Å²) in [6.07, 6.45) is 2.17. The highest BCUT2D eigenvalue weighted by Crippen LogP contribution is 2.25. The van der Waals surface area contributed by atoms with Gasteiger partial charge in [0.25, 0.3) is 0 Å². The van der Waals surface area contributed by atoms with Crippen molar-refractivity contribution in [1.82, 2.24) is 4.90 Å². The molecule has 0 fully saturated rings. The predicted octanol–water partition coefficient (Wildman–Crippen LogP) is 3.85. The Kier molecular flexibility index (Phi) is 4.41. The fourth-order valence-corrected chi connectivity index (χ4v) is 3.71. The van der Waals surface area contributed by atoms with Crippen molar-refractivity contribution in [2.45, 2.75) is 25.4 Å². The zero-order valence-electron chi connectivity index (χ0n) is 11.4. The van der Waals surface area contributed by atoms with Crippen LogP contribution in [0.3, 0.4) is 0 Å². The molecule has 3 rings (SSSR count). The van der Waals surface area contributed by atoms with E-state index in [1.165, 1.54) is 17.5 Å². The van der Waals surface area contributed by atoms with E-state index in [0.717, 1.165) is 31.1 Å². The molecule has 106 valence electrons. The molecule has 1 aliphatic heterocycles. The Balaban J connectivity index is 1.54. The molecule has 1 aromatic carbocycles. The molecule has 0 bridgehead atoms. The van der Waals surface area contributed by atoms with E-state index in [4.69, 9.17) is 17.3 Å². The number of halogens is 1. The Morgan fingerprint density at radius 2 is 2.05 bits per heavy atom. The summed E-state index contributed by atoms with van der Waals surface area (Å²) in [5.41, 5.74) is 8.94. The molecule has 0 saturated carbocycles. The highest BCUT2D eigenvalue weighted by Gasteiger charge is 2.17. The van der Waals surface area contributed by atoms with Gasteiger partial charge in [0.05, 0.1) is 0 Å². The highest BCUT2D eigenvalue weighted by atomic mass is 35.5. The van der Waals surface area contributed by atoms with E-state index in [1.54, 1.807) is 4.88 Å². The van der Waals surface area contributed by atoms with E-state index >= 15 is 0 Å². The van der Waals surface area contributed by atoms with Gasteiger partial charge in [-0.1, -0.05) is 23.7 Å². The van der Waals surface area contributed by atoms with Gasteiger partial charge in [-0.25, -0.2) is 0 Å². The molecule has 0 spiro atoms. The molecule has 1 atom stereocenters. The number of hydrogen-bond donors (Lipinski definition) is 1. The van der Waals surface area contributed by atoms with Crippen LogP contribution in [0.15, 0.2) is 35.7 Å². The second-order valence-corrected chi connectivity index (χ2v) is 6.78. The molecular formula is C16H19ClN2S. The summed E-state index contributed by atoms with van der Waals surface area (Å²) in [5.74, 6) is 0. The quantitative estimate of drug-likeness (QED) is 0.929. The van der Waals surface area contributed by atoms with Crippen LogP contribution in [0.1, 0.15) is 28.5 Å². The van der Waals surface area contributed by atoms with Gasteiger partial charge in [0, 0.05) is 35.6 Å². The topological polar surface area (TPSA) is 29.3 Å². The van der Waals surface area contributed by atoms with Crippen LogP contribution in [0.2, 0.25) is 5.02 Å². The molecule has 1 aromatic heterocycles. The van der Waals surface area contributed by atoms with E-state index in [1.807, 2.05) is 35.6 Å². The van der Waals surface area contributed by atoms with Gasteiger partial charge in [-0.15, -0.1) is 11.3 Å². The van der Waals surface area contributed by atoms with E-state index in [-0.39, 0.29) is 6.04 Å². The van der Waals surface area contributed by atoms with Crippen LogP contribution < -0.4 is 5.73 Å². The smallest absolute Gasteiger partial charge is 0.0406 e. The Bertz CT molecular complexity index is 564. The van der Waals surface area contributed by atoms with Gasteiger partial charge in [-0.3, -0.25) is 4.90 Å². The molecule has 0 saturated heterocycles. The molecule has 4 heteroatoms. The molecule has 2 nitrogen and oxygen atoms in total. The maximum absolute atomic E-state index is 6.27. The Morgan fingerprint density at radius 1 is 1.25 bits per heavy atom. The molecule has 0 aliphatic carbocycles. The average molecular weight is 307 g/mol. The standard InChI is InChI=1S/C16H19ClN2S/c17-14-3-1-12(2-4-14)15(18)5-8-19-9-6-16-13(11-19)7-10-20-16/h1-4,7,10,15H,5-6,8-9,11,18H2. The third kappa shape index (κ3) is 3.23. The lowest BCUT2D eigenvalue weighted by molar-refractivity contribution is 0.246. The monoisotopic (exact) mass is 306 g/mol. The summed E-state index contributed by atoms with van der Waals surface area (Å²) in [7, 11) is 0. The third-order valence-electron chi connectivity index (χ3n) is 3.94. The van der Waals surface area contributed by atoms with Crippen LogP contribution in [0.25, 0.3) is 0 Å². The van der Waals surface area contributed by atoms with Crippen LogP contribution in [0.4, 0.5) is 0 Å². The van der Waals surface area contributed by atoms with Crippen LogP contribution >= 0.6 is 22.9 Å². The first kappa shape index (κ1) is 14.1. The van der Waals surface area contributed by atoms with Gasteiger partial charge in [-0.2, -0.15) is 0 Å². The van der Waals surface area contributed by atoms with Crippen molar-refractivity contribution >= 4 is 22.9 Å². The Morgan fingerprint density at radius 3 is 2.85 bits per heavy atom. The molecule has 20 heavy (non-hydrogen) atoms. The summed E-state index contributed by atoms with van der Waals surface area (Å²) in [6.45, 7) is 3.28. The first-order chi connectivity index (χ1) is 9.72. The second-order valence-electron chi connectivity index (χ2n) is 5.34. The first-order valence-corrected chi connectivity index (χ1v) is 8.27. The number of hydrogen-bond acceptors (Lipinski definition) is 3. The van der Waals surface area contributed by atoms with Gasteiger partial charge in [0.15, 0.2) is 0 Å². The predicted molar refractivity (Wildman–Crippen MR) is 86.3 cm³/mol. The van der Waals surface area contributed by atoms with Gasteiger partial charge in [-0.05, 0) is 47.5 Å². The number of thiophene rings is 1. The fraction of sp³-hybridized carbons (Fsp3) is 0.375. The normalized spacial score (nSPS) is 16.9. The van der Waals surface area contributed by atoms with Crippen molar-refractivity contribution in [2.24, 2.45) is 5.73 Å². The van der Waals surface area contributed by atoms with Crippen LogP contribution in [0.5, 0.6) is 0 Å². The molecule has 1 unspecified atom stereocenters. The first-order valence-electron chi connectivity index (χ1n) is 7.01. The summed E-state index contributed by atoms with van der Waals surface area (Å²) < 4.78 is 0. The average Bonchev–Trinajstić information content (AvgIpc) is 2.93. The lowest BCUT2D eigenvalue weighted by atomic mass is 10.0. The van der Waals surface area contributed by atoms with Crippen molar-refractivity contribution in [3.8, 4) is 0 Å². The molecule has 2 heterocycles. The highest BCUT2D eigenvalue weighted by molar-refractivity contribution is 7.10. The maximum atomic E-state index is 6.27.